The van der Waals surface area contributed by atoms with Crippen LogP contribution in [0.1, 0.15) is 38.3 Å². The molecule has 3 nitrogen and oxygen atoms in total. The Morgan fingerprint density at radius 2 is 2.44 bits per heavy atom. The van der Waals surface area contributed by atoms with Crippen LogP contribution in [0.25, 0.3) is 0 Å². The van der Waals surface area contributed by atoms with Gasteiger partial charge in [-0.15, -0.1) is 0 Å². The van der Waals surface area contributed by atoms with Crippen molar-refractivity contribution in [2.24, 2.45) is 11.7 Å². The first kappa shape index (κ1) is 11.4. The summed E-state index contributed by atoms with van der Waals surface area (Å²) >= 11 is 0. The summed E-state index contributed by atoms with van der Waals surface area (Å²) < 4.78 is 0. The zero-order chi connectivity index (χ0) is 11.5. The normalized spacial score (nSPS) is 22.4. The standard InChI is InChI=1S/C13H21N3/c1-3-11-5-7-16(9-11)13-8-12(10(2)14)4-6-15-13/h4,6,8,10-11H,3,5,7,9,14H2,1-2H3/t10-,11?/m1/s1. The van der Waals surface area contributed by atoms with E-state index in [1.54, 1.807) is 0 Å². The lowest BCUT2D eigenvalue weighted by atomic mass is 10.1. The molecular formula is C13H21N3. The van der Waals surface area contributed by atoms with Gasteiger partial charge in [0.15, 0.2) is 0 Å². The third-order valence-electron chi connectivity index (χ3n) is 3.48. The van der Waals surface area contributed by atoms with Gasteiger partial charge in [-0.2, -0.15) is 0 Å². The molecule has 0 bridgehead atoms. The maximum Gasteiger partial charge on any atom is 0.128 e. The highest BCUT2D eigenvalue weighted by Gasteiger charge is 2.22. The van der Waals surface area contributed by atoms with Gasteiger partial charge in [-0.25, -0.2) is 4.98 Å². The minimum atomic E-state index is 0.0892. The molecule has 3 heteroatoms. The van der Waals surface area contributed by atoms with Crippen LogP contribution in [0.5, 0.6) is 0 Å². The van der Waals surface area contributed by atoms with Crippen molar-refractivity contribution in [1.29, 1.82) is 0 Å². The van der Waals surface area contributed by atoms with Crippen LogP contribution < -0.4 is 10.6 Å². The minimum absolute atomic E-state index is 0.0892. The van der Waals surface area contributed by atoms with Crippen LogP contribution in [-0.2, 0) is 0 Å². The van der Waals surface area contributed by atoms with E-state index < -0.39 is 0 Å². The van der Waals surface area contributed by atoms with E-state index in [0.29, 0.717) is 0 Å². The molecule has 2 rings (SSSR count). The van der Waals surface area contributed by atoms with Crippen molar-refractivity contribution in [3.63, 3.8) is 0 Å². The lowest BCUT2D eigenvalue weighted by Gasteiger charge is -2.18. The first-order valence-electron chi connectivity index (χ1n) is 6.17. The van der Waals surface area contributed by atoms with E-state index in [-0.39, 0.29) is 6.04 Å². The van der Waals surface area contributed by atoms with Crippen molar-refractivity contribution < 1.29 is 0 Å². The predicted molar refractivity (Wildman–Crippen MR) is 67.5 cm³/mol. The Morgan fingerprint density at radius 3 is 3.06 bits per heavy atom. The average molecular weight is 219 g/mol. The van der Waals surface area contributed by atoms with Crippen molar-refractivity contribution in [2.75, 3.05) is 18.0 Å². The molecule has 0 saturated carbocycles. The van der Waals surface area contributed by atoms with E-state index in [9.17, 15) is 0 Å². The monoisotopic (exact) mass is 219 g/mol. The smallest absolute Gasteiger partial charge is 0.128 e. The second kappa shape index (κ2) is 4.83. The molecule has 1 fully saturated rings. The maximum atomic E-state index is 5.89. The Balaban J connectivity index is 2.12. The van der Waals surface area contributed by atoms with E-state index in [0.717, 1.165) is 24.8 Å². The number of rotatable bonds is 3. The Hall–Kier alpha value is -1.09. The van der Waals surface area contributed by atoms with Crippen LogP contribution in [0.2, 0.25) is 0 Å². The molecule has 1 unspecified atom stereocenters. The summed E-state index contributed by atoms with van der Waals surface area (Å²) in [6.07, 6.45) is 4.43. The van der Waals surface area contributed by atoms with E-state index >= 15 is 0 Å². The molecular weight excluding hydrogens is 198 g/mol. The van der Waals surface area contributed by atoms with Gasteiger partial charge in [0.25, 0.3) is 0 Å². The average Bonchev–Trinajstić information content (AvgIpc) is 2.77. The van der Waals surface area contributed by atoms with Gasteiger partial charge in [0, 0.05) is 25.3 Å². The molecule has 2 heterocycles. The van der Waals surface area contributed by atoms with Gasteiger partial charge in [0.05, 0.1) is 0 Å². The number of hydrogen-bond acceptors (Lipinski definition) is 3. The van der Waals surface area contributed by atoms with Gasteiger partial charge in [-0.3, -0.25) is 0 Å². The summed E-state index contributed by atoms with van der Waals surface area (Å²) in [6, 6.07) is 4.22. The molecule has 1 aromatic rings. The van der Waals surface area contributed by atoms with Crippen LogP contribution in [-0.4, -0.2) is 18.1 Å². The summed E-state index contributed by atoms with van der Waals surface area (Å²) in [5, 5.41) is 0. The van der Waals surface area contributed by atoms with E-state index in [2.05, 4.69) is 22.9 Å². The van der Waals surface area contributed by atoms with Gasteiger partial charge in [0.2, 0.25) is 0 Å². The third kappa shape index (κ3) is 2.35. The number of anilines is 1. The van der Waals surface area contributed by atoms with Crippen molar-refractivity contribution in [3.05, 3.63) is 23.9 Å². The zero-order valence-corrected chi connectivity index (χ0v) is 10.2. The van der Waals surface area contributed by atoms with Crippen LogP contribution >= 0.6 is 0 Å². The van der Waals surface area contributed by atoms with Gasteiger partial charge < -0.3 is 10.6 Å². The Labute approximate surface area is 97.7 Å². The number of nitrogens with zero attached hydrogens (tertiary/aromatic N) is 2. The lowest BCUT2D eigenvalue weighted by Crippen LogP contribution is -2.21. The number of pyridine rings is 1. The SMILES string of the molecule is CCC1CCN(c2cc([C@@H](C)N)ccn2)C1. The molecule has 0 aromatic carbocycles. The zero-order valence-electron chi connectivity index (χ0n) is 10.2. The summed E-state index contributed by atoms with van der Waals surface area (Å²) in [6.45, 7) is 6.55. The predicted octanol–water partition coefficient (Wildman–Crippen LogP) is 2.34. The Kier molecular flexibility index (Phi) is 3.44. The molecule has 1 aromatic heterocycles. The second-order valence-corrected chi connectivity index (χ2v) is 4.75. The molecule has 1 aliphatic rings. The van der Waals surface area contributed by atoms with Gasteiger partial charge in [0.1, 0.15) is 5.82 Å². The largest absolute Gasteiger partial charge is 0.356 e. The maximum absolute atomic E-state index is 5.89. The van der Waals surface area contributed by atoms with Crippen LogP contribution in [0.4, 0.5) is 5.82 Å². The molecule has 0 radical (unpaired) electrons. The lowest BCUT2D eigenvalue weighted by molar-refractivity contribution is 0.568. The fraction of sp³-hybridized carbons (Fsp3) is 0.615. The summed E-state index contributed by atoms with van der Waals surface area (Å²) in [7, 11) is 0. The molecule has 88 valence electrons. The first-order valence-corrected chi connectivity index (χ1v) is 6.17. The van der Waals surface area contributed by atoms with Crippen molar-refractivity contribution in [1.82, 2.24) is 4.98 Å². The van der Waals surface area contributed by atoms with Crippen molar-refractivity contribution in [3.8, 4) is 0 Å². The Bertz CT molecular complexity index is 349. The Morgan fingerprint density at radius 1 is 1.62 bits per heavy atom. The van der Waals surface area contributed by atoms with Crippen LogP contribution in [0, 0.1) is 5.92 Å². The fourth-order valence-electron chi connectivity index (χ4n) is 2.26. The summed E-state index contributed by atoms with van der Waals surface area (Å²) in [5.41, 5.74) is 7.06. The fourth-order valence-corrected chi connectivity index (χ4v) is 2.26. The van der Waals surface area contributed by atoms with E-state index in [1.165, 1.54) is 18.4 Å². The highest BCUT2D eigenvalue weighted by Crippen LogP contribution is 2.25. The van der Waals surface area contributed by atoms with Gasteiger partial charge in [-0.1, -0.05) is 13.3 Å². The van der Waals surface area contributed by atoms with Crippen molar-refractivity contribution in [2.45, 2.75) is 32.7 Å². The molecule has 1 aliphatic heterocycles. The van der Waals surface area contributed by atoms with Crippen molar-refractivity contribution >= 4 is 5.82 Å². The van der Waals surface area contributed by atoms with E-state index in [4.69, 9.17) is 5.73 Å². The second-order valence-electron chi connectivity index (χ2n) is 4.75. The van der Waals surface area contributed by atoms with E-state index in [1.807, 2.05) is 19.2 Å². The third-order valence-corrected chi connectivity index (χ3v) is 3.48. The molecule has 0 aliphatic carbocycles. The quantitative estimate of drug-likeness (QED) is 0.848. The molecule has 16 heavy (non-hydrogen) atoms. The molecule has 2 N–H and O–H groups in total. The topological polar surface area (TPSA) is 42.1 Å². The minimum Gasteiger partial charge on any atom is -0.356 e. The van der Waals surface area contributed by atoms with Gasteiger partial charge in [-0.05, 0) is 37.0 Å². The first-order chi connectivity index (χ1) is 7.70. The highest BCUT2D eigenvalue weighted by molar-refractivity contribution is 5.42. The highest BCUT2D eigenvalue weighted by atomic mass is 15.2. The summed E-state index contributed by atoms with van der Waals surface area (Å²) in [4.78, 5) is 6.82. The summed E-state index contributed by atoms with van der Waals surface area (Å²) in [5.74, 6) is 1.92. The number of nitrogens with two attached hydrogens (primary N) is 1. The van der Waals surface area contributed by atoms with Crippen LogP contribution in [0.15, 0.2) is 18.3 Å². The molecule has 0 amide bonds. The van der Waals surface area contributed by atoms with Gasteiger partial charge >= 0.3 is 0 Å². The number of hydrogen-bond donors (Lipinski definition) is 1. The van der Waals surface area contributed by atoms with Crippen LogP contribution in [0.3, 0.4) is 0 Å². The molecule has 2 atom stereocenters. The molecule has 1 saturated heterocycles. The number of aromatic nitrogens is 1. The molecule has 0 spiro atoms.